The fraction of sp³-hybridized carbons (Fsp3) is 0. The van der Waals surface area contributed by atoms with Gasteiger partial charge in [-0.3, -0.25) is 4.99 Å². The first-order valence-electron chi connectivity index (χ1n) is 5.00. The first-order chi connectivity index (χ1) is 8.54. The van der Waals surface area contributed by atoms with Crippen LogP contribution in [-0.4, -0.2) is 6.21 Å². The van der Waals surface area contributed by atoms with Crippen LogP contribution in [0.4, 0.5) is 23.2 Å². The molecule has 2 aromatic rings. The Bertz CT molecular complexity index is 588. The predicted molar refractivity (Wildman–Crippen MR) is 60.0 cm³/mol. The Morgan fingerprint density at radius 2 is 1.44 bits per heavy atom. The van der Waals surface area contributed by atoms with E-state index in [1.54, 1.807) is 0 Å². The van der Waals surface area contributed by atoms with Crippen molar-refractivity contribution in [2.24, 2.45) is 4.99 Å². The molecular formula is C13H7F4N. The van der Waals surface area contributed by atoms with Crippen LogP contribution in [0, 0.1) is 23.3 Å². The van der Waals surface area contributed by atoms with E-state index in [-0.39, 0.29) is 5.69 Å². The molecule has 0 fully saturated rings. The van der Waals surface area contributed by atoms with Crippen LogP contribution in [0.1, 0.15) is 5.56 Å². The van der Waals surface area contributed by atoms with Crippen molar-refractivity contribution in [1.82, 2.24) is 0 Å². The SMILES string of the molecule is Fc1cc(F)cc(N=Cc2ccc(F)c(F)c2)c1. The van der Waals surface area contributed by atoms with Crippen LogP contribution in [0.5, 0.6) is 0 Å². The zero-order valence-electron chi connectivity index (χ0n) is 9.00. The Labute approximate surface area is 100 Å². The maximum absolute atomic E-state index is 12.9. The molecule has 2 rings (SSSR count). The summed E-state index contributed by atoms with van der Waals surface area (Å²) >= 11 is 0. The molecular weight excluding hydrogens is 246 g/mol. The number of aliphatic imine (C=N–C) groups is 1. The Kier molecular flexibility index (Phi) is 3.41. The summed E-state index contributed by atoms with van der Waals surface area (Å²) in [6, 6.07) is 5.96. The van der Waals surface area contributed by atoms with Gasteiger partial charge in [-0.05, 0) is 29.8 Å². The molecule has 0 saturated carbocycles. The lowest BCUT2D eigenvalue weighted by Gasteiger charge is -1.97. The normalized spacial score (nSPS) is 11.1. The molecule has 0 radical (unpaired) electrons. The first kappa shape index (κ1) is 12.3. The minimum absolute atomic E-state index is 0.0530. The van der Waals surface area contributed by atoms with Gasteiger partial charge in [0.2, 0.25) is 0 Å². The summed E-state index contributed by atoms with van der Waals surface area (Å²) < 4.78 is 51.2. The van der Waals surface area contributed by atoms with Crippen molar-refractivity contribution in [2.45, 2.75) is 0 Å². The summed E-state index contributed by atoms with van der Waals surface area (Å²) in [5, 5.41) is 0. The minimum Gasteiger partial charge on any atom is -0.256 e. The highest BCUT2D eigenvalue weighted by Crippen LogP contribution is 2.16. The molecule has 0 aliphatic carbocycles. The Morgan fingerprint density at radius 3 is 2.06 bits per heavy atom. The van der Waals surface area contributed by atoms with E-state index in [0.29, 0.717) is 5.56 Å². The van der Waals surface area contributed by atoms with Crippen LogP contribution >= 0.6 is 0 Å². The monoisotopic (exact) mass is 253 g/mol. The maximum atomic E-state index is 12.9. The lowest BCUT2D eigenvalue weighted by Crippen LogP contribution is -1.87. The molecule has 0 aromatic heterocycles. The molecule has 0 heterocycles. The summed E-state index contributed by atoms with van der Waals surface area (Å²) in [5.74, 6) is -3.49. The topological polar surface area (TPSA) is 12.4 Å². The third kappa shape index (κ3) is 2.94. The molecule has 0 spiro atoms. The molecule has 0 bridgehead atoms. The summed E-state index contributed by atoms with van der Waals surface area (Å²) in [4.78, 5) is 3.77. The number of benzene rings is 2. The Morgan fingerprint density at radius 1 is 0.778 bits per heavy atom. The fourth-order valence-electron chi connectivity index (χ4n) is 1.36. The van der Waals surface area contributed by atoms with E-state index in [1.807, 2.05) is 0 Å². The molecule has 2 aromatic carbocycles. The minimum atomic E-state index is -1.01. The lowest BCUT2D eigenvalue weighted by atomic mass is 10.2. The highest BCUT2D eigenvalue weighted by molar-refractivity contribution is 5.81. The van der Waals surface area contributed by atoms with Gasteiger partial charge >= 0.3 is 0 Å². The quantitative estimate of drug-likeness (QED) is 0.566. The molecule has 0 amide bonds. The average molecular weight is 253 g/mol. The summed E-state index contributed by atoms with van der Waals surface area (Å²) in [5.41, 5.74) is 0.343. The van der Waals surface area contributed by atoms with E-state index < -0.39 is 23.3 Å². The Hall–Kier alpha value is -2.17. The smallest absolute Gasteiger partial charge is 0.159 e. The van der Waals surface area contributed by atoms with Gasteiger partial charge in [-0.15, -0.1) is 0 Å². The van der Waals surface area contributed by atoms with Crippen molar-refractivity contribution in [2.75, 3.05) is 0 Å². The van der Waals surface area contributed by atoms with E-state index in [2.05, 4.69) is 4.99 Å². The highest BCUT2D eigenvalue weighted by atomic mass is 19.2. The largest absolute Gasteiger partial charge is 0.256 e. The van der Waals surface area contributed by atoms with Gasteiger partial charge in [0.05, 0.1) is 5.69 Å². The average Bonchev–Trinajstić information content (AvgIpc) is 2.29. The molecule has 0 unspecified atom stereocenters. The maximum Gasteiger partial charge on any atom is 0.159 e. The van der Waals surface area contributed by atoms with Crippen molar-refractivity contribution < 1.29 is 17.6 Å². The van der Waals surface area contributed by atoms with Crippen LogP contribution in [0.15, 0.2) is 41.4 Å². The summed E-state index contributed by atoms with van der Waals surface area (Å²) in [6.45, 7) is 0. The third-order valence-corrected chi connectivity index (χ3v) is 2.15. The number of halogens is 4. The van der Waals surface area contributed by atoms with Gasteiger partial charge in [0.1, 0.15) is 11.6 Å². The van der Waals surface area contributed by atoms with E-state index >= 15 is 0 Å². The second-order valence-corrected chi connectivity index (χ2v) is 3.56. The van der Waals surface area contributed by atoms with Crippen molar-refractivity contribution in [3.63, 3.8) is 0 Å². The molecule has 0 aliphatic rings. The third-order valence-electron chi connectivity index (χ3n) is 2.15. The summed E-state index contributed by atoms with van der Waals surface area (Å²) in [7, 11) is 0. The van der Waals surface area contributed by atoms with Gasteiger partial charge in [0, 0.05) is 12.3 Å². The molecule has 1 nitrogen and oxygen atoms in total. The van der Waals surface area contributed by atoms with Gasteiger partial charge in [0.25, 0.3) is 0 Å². The predicted octanol–water partition coefficient (Wildman–Crippen LogP) is 3.99. The molecule has 0 atom stereocenters. The second-order valence-electron chi connectivity index (χ2n) is 3.56. The fourth-order valence-corrected chi connectivity index (χ4v) is 1.36. The molecule has 0 aliphatic heterocycles. The van der Waals surface area contributed by atoms with Gasteiger partial charge in [-0.1, -0.05) is 6.07 Å². The zero-order valence-corrected chi connectivity index (χ0v) is 9.00. The van der Waals surface area contributed by atoms with Gasteiger partial charge < -0.3 is 0 Å². The Balaban J connectivity index is 2.27. The van der Waals surface area contributed by atoms with Gasteiger partial charge in [-0.25, -0.2) is 17.6 Å². The van der Waals surface area contributed by atoms with E-state index in [9.17, 15) is 17.6 Å². The van der Waals surface area contributed by atoms with Crippen molar-refractivity contribution in [3.05, 3.63) is 65.2 Å². The number of hydrogen-bond acceptors (Lipinski definition) is 1. The molecule has 18 heavy (non-hydrogen) atoms. The van der Waals surface area contributed by atoms with Crippen LogP contribution in [0.3, 0.4) is 0 Å². The lowest BCUT2D eigenvalue weighted by molar-refractivity contribution is 0.508. The van der Waals surface area contributed by atoms with E-state index in [0.717, 1.165) is 30.3 Å². The van der Waals surface area contributed by atoms with Crippen LogP contribution in [0.25, 0.3) is 0 Å². The van der Waals surface area contributed by atoms with Crippen molar-refractivity contribution in [3.8, 4) is 0 Å². The van der Waals surface area contributed by atoms with Crippen LogP contribution < -0.4 is 0 Å². The summed E-state index contributed by atoms with van der Waals surface area (Å²) in [6.07, 6.45) is 1.19. The van der Waals surface area contributed by atoms with Crippen molar-refractivity contribution >= 4 is 11.9 Å². The number of hydrogen-bond donors (Lipinski definition) is 0. The second kappa shape index (κ2) is 5.00. The number of nitrogens with zero attached hydrogens (tertiary/aromatic N) is 1. The molecule has 5 heteroatoms. The van der Waals surface area contributed by atoms with E-state index in [1.165, 1.54) is 12.3 Å². The molecule has 0 N–H and O–H groups in total. The molecule has 0 saturated heterocycles. The standard InChI is InChI=1S/C13H7F4N/c14-9-4-10(15)6-11(5-9)18-7-8-1-2-12(16)13(17)3-8/h1-7H. The highest BCUT2D eigenvalue weighted by Gasteiger charge is 2.01. The van der Waals surface area contributed by atoms with E-state index in [4.69, 9.17) is 0 Å². The zero-order chi connectivity index (χ0) is 13.1. The number of rotatable bonds is 2. The van der Waals surface area contributed by atoms with Crippen LogP contribution in [0.2, 0.25) is 0 Å². The first-order valence-corrected chi connectivity index (χ1v) is 5.00. The molecule has 92 valence electrons. The van der Waals surface area contributed by atoms with Gasteiger partial charge in [-0.2, -0.15) is 0 Å². The van der Waals surface area contributed by atoms with Gasteiger partial charge in [0.15, 0.2) is 11.6 Å². The van der Waals surface area contributed by atoms with Crippen molar-refractivity contribution in [1.29, 1.82) is 0 Å². The van der Waals surface area contributed by atoms with Crippen LogP contribution in [-0.2, 0) is 0 Å².